The Bertz CT molecular complexity index is 389. The summed E-state index contributed by atoms with van der Waals surface area (Å²) in [5, 5.41) is 9.91. The lowest BCUT2D eigenvalue weighted by Crippen LogP contribution is -2.14. The van der Waals surface area contributed by atoms with E-state index >= 15 is 0 Å². The molecule has 0 bridgehead atoms. The Hall–Kier alpha value is -1.38. The zero-order valence-electron chi connectivity index (χ0n) is 10.8. The topological polar surface area (TPSA) is 38.7 Å². The van der Waals surface area contributed by atoms with Crippen molar-refractivity contribution in [2.45, 2.75) is 33.1 Å². The van der Waals surface area contributed by atoms with E-state index in [1.54, 1.807) is 7.11 Å². The van der Waals surface area contributed by atoms with E-state index in [2.05, 4.69) is 20.8 Å². The van der Waals surface area contributed by atoms with Crippen molar-refractivity contribution in [3.63, 3.8) is 0 Å². The molecule has 1 N–H and O–H groups in total. The van der Waals surface area contributed by atoms with E-state index < -0.39 is 0 Å². The van der Waals surface area contributed by atoms with Crippen LogP contribution in [0.3, 0.4) is 0 Å². The summed E-state index contributed by atoms with van der Waals surface area (Å²) < 4.78 is 10.4. The maximum Gasteiger partial charge on any atom is 0.201 e. The molecule has 0 amide bonds. The van der Waals surface area contributed by atoms with E-state index in [-0.39, 0.29) is 11.2 Å². The molecule has 1 aromatic carbocycles. The van der Waals surface area contributed by atoms with Crippen LogP contribution in [-0.2, 0) is 5.41 Å². The van der Waals surface area contributed by atoms with Crippen LogP contribution >= 0.6 is 0 Å². The summed E-state index contributed by atoms with van der Waals surface area (Å²) in [5.74, 6) is 1.01. The van der Waals surface area contributed by atoms with Crippen LogP contribution in [-0.4, -0.2) is 19.3 Å². The zero-order chi connectivity index (χ0) is 12.5. The monoisotopic (exact) mass is 224 g/mol. The molecule has 0 fully saturated rings. The van der Waals surface area contributed by atoms with Crippen molar-refractivity contribution in [3.8, 4) is 17.2 Å². The standard InChI is InChI=1S/C13H20O3/c1-8-9(13(2,3)4)7-10(15-5)11(14)12(8)16-6/h7,14H,1-6H3. The highest BCUT2D eigenvalue weighted by Crippen LogP contribution is 2.43. The van der Waals surface area contributed by atoms with Gasteiger partial charge >= 0.3 is 0 Å². The van der Waals surface area contributed by atoms with Crippen LogP contribution in [0.4, 0.5) is 0 Å². The molecule has 0 aliphatic heterocycles. The van der Waals surface area contributed by atoms with Gasteiger partial charge in [0.2, 0.25) is 5.75 Å². The molecule has 0 spiro atoms. The Morgan fingerprint density at radius 1 is 1.12 bits per heavy atom. The minimum absolute atomic E-state index is 0.0155. The summed E-state index contributed by atoms with van der Waals surface area (Å²) in [4.78, 5) is 0. The van der Waals surface area contributed by atoms with E-state index in [0.717, 1.165) is 11.1 Å². The third-order valence-electron chi connectivity index (χ3n) is 2.70. The van der Waals surface area contributed by atoms with Crippen molar-refractivity contribution in [3.05, 3.63) is 17.2 Å². The maximum absolute atomic E-state index is 9.91. The minimum Gasteiger partial charge on any atom is -0.502 e. The van der Waals surface area contributed by atoms with E-state index in [1.807, 2.05) is 13.0 Å². The highest BCUT2D eigenvalue weighted by atomic mass is 16.5. The number of ether oxygens (including phenoxy) is 2. The van der Waals surface area contributed by atoms with Gasteiger partial charge in [0.25, 0.3) is 0 Å². The molecule has 0 saturated carbocycles. The van der Waals surface area contributed by atoms with Gasteiger partial charge in [0, 0.05) is 0 Å². The van der Waals surface area contributed by atoms with E-state index in [1.165, 1.54) is 7.11 Å². The number of hydrogen-bond donors (Lipinski definition) is 1. The molecule has 0 unspecified atom stereocenters. The Balaban J connectivity index is 3.53. The van der Waals surface area contributed by atoms with Crippen LogP contribution < -0.4 is 9.47 Å². The minimum atomic E-state index is -0.0155. The first-order valence-corrected chi connectivity index (χ1v) is 5.28. The summed E-state index contributed by atoms with van der Waals surface area (Å²) >= 11 is 0. The number of benzene rings is 1. The van der Waals surface area contributed by atoms with Gasteiger partial charge in [0.1, 0.15) is 0 Å². The average molecular weight is 224 g/mol. The van der Waals surface area contributed by atoms with Gasteiger partial charge in [-0.25, -0.2) is 0 Å². The van der Waals surface area contributed by atoms with Gasteiger partial charge in [-0.1, -0.05) is 20.8 Å². The summed E-state index contributed by atoms with van der Waals surface area (Å²) in [6.45, 7) is 8.29. The molecule has 1 aromatic rings. The number of phenols is 1. The fourth-order valence-corrected chi connectivity index (χ4v) is 1.90. The maximum atomic E-state index is 9.91. The van der Waals surface area contributed by atoms with Crippen LogP contribution in [0, 0.1) is 6.92 Å². The molecular formula is C13H20O3. The van der Waals surface area contributed by atoms with E-state index in [0.29, 0.717) is 11.5 Å². The van der Waals surface area contributed by atoms with Gasteiger partial charge < -0.3 is 14.6 Å². The summed E-state index contributed by atoms with van der Waals surface area (Å²) in [5.41, 5.74) is 2.05. The van der Waals surface area contributed by atoms with Crippen LogP contribution in [0.2, 0.25) is 0 Å². The van der Waals surface area contributed by atoms with Crippen molar-refractivity contribution in [2.75, 3.05) is 14.2 Å². The summed E-state index contributed by atoms with van der Waals surface area (Å²) in [7, 11) is 3.09. The second-order valence-electron chi connectivity index (χ2n) is 4.88. The van der Waals surface area contributed by atoms with Crippen molar-refractivity contribution in [1.82, 2.24) is 0 Å². The predicted octanol–water partition coefficient (Wildman–Crippen LogP) is 3.02. The molecule has 1 rings (SSSR count). The Kier molecular flexibility index (Phi) is 3.36. The van der Waals surface area contributed by atoms with Crippen molar-refractivity contribution in [1.29, 1.82) is 0 Å². The van der Waals surface area contributed by atoms with E-state index in [4.69, 9.17) is 9.47 Å². The molecule has 0 saturated heterocycles. The first-order chi connectivity index (χ1) is 7.32. The molecule has 0 aliphatic carbocycles. The molecule has 0 atom stereocenters. The fourth-order valence-electron chi connectivity index (χ4n) is 1.90. The molecule has 3 nitrogen and oxygen atoms in total. The molecule has 16 heavy (non-hydrogen) atoms. The predicted molar refractivity (Wildman–Crippen MR) is 64.6 cm³/mol. The Labute approximate surface area is 97.0 Å². The number of methoxy groups -OCH3 is 2. The van der Waals surface area contributed by atoms with Crippen LogP contribution in [0.1, 0.15) is 31.9 Å². The van der Waals surface area contributed by atoms with Gasteiger partial charge in [0.05, 0.1) is 14.2 Å². The summed E-state index contributed by atoms with van der Waals surface area (Å²) in [6, 6.07) is 1.87. The smallest absolute Gasteiger partial charge is 0.201 e. The normalized spacial score (nSPS) is 11.4. The van der Waals surface area contributed by atoms with Crippen LogP contribution in [0.15, 0.2) is 6.07 Å². The second-order valence-corrected chi connectivity index (χ2v) is 4.88. The third-order valence-corrected chi connectivity index (χ3v) is 2.70. The molecule has 3 heteroatoms. The Morgan fingerprint density at radius 3 is 2.06 bits per heavy atom. The first-order valence-electron chi connectivity index (χ1n) is 5.28. The summed E-state index contributed by atoms with van der Waals surface area (Å²) in [6.07, 6.45) is 0. The molecule has 0 radical (unpaired) electrons. The second kappa shape index (κ2) is 4.24. The lowest BCUT2D eigenvalue weighted by Gasteiger charge is -2.24. The van der Waals surface area contributed by atoms with Gasteiger partial charge in [-0.05, 0) is 29.5 Å². The van der Waals surface area contributed by atoms with Crippen molar-refractivity contribution in [2.24, 2.45) is 0 Å². The number of hydrogen-bond acceptors (Lipinski definition) is 3. The van der Waals surface area contributed by atoms with Crippen LogP contribution in [0.5, 0.6) is 17.2 Å². The Morgan fingerprint density at radius 2 is 1.69 bits per heavy atom. The highest BCUT2D eigenvalue weighted by molar-refractivity contribution is 5.59. The molecule has 90 valence electrons. The van der Waals surface area contributed by atoms with Gasteiger partial charge in [0.15, 0.2) is 11.5 Å². The zero-order valence-corrected chi connectivity index (χ0v) is 10.8. The number of aromatic hydroxyl groups is 1. The van der Waals surface area contributed by atoms with Gasteiger partial charge in [-0.3, -0.25) is 0 Å². The largest absolute Gasteiger partial charge is 0.502 e. The quantitative estimate of drug-likeness (QED) is 0.839. The van der Waals surface area contributed by atoms with Crippen LogP contribution in [0.25, 0.3) is 0 Å². The van der Waals surface area contributed by atoms with Gasteiger partial charge in [-0.2, -0.15) is 0 Å². The lowest BCUT2D eigenvalue weighted by molar-refractivity contribution is 0.335. The number of rotatable bonds is 2. The number of phenolic OH excluding ortho intramolecular Hbond substituents is 1. The molecule has 0 heterocycles. The average Bonchev–Trinajstić information content (AvgIpc) is 2.17. The highest BCUT2D eigenvalue weighted by Gasteiger charge is 2.23. The molecular weight excluding hydrogens is 204 g/mol. The van der Waals surface area contributed by atoms with E-state index in [9.17, 15) is 5.11 Å². The first kappa shape index (κ1) is 12.7. The molecule has 0 aliphatic rings. The van der Waals surface area contributed by atoms with Crippen molar-refractivity contribution < 1.29 is 14.6 Å². The van der Waals surface area contributed by atoms with Gasteiger partial charge in [-0.15, -0.1) is 0 Å². The third kappa shape index (κ3) is 2.08. The fraction of sp³-hybridized carbons (Fsp3) is 0.538. The lowest BCUT2D eigenvalue weighted by atomic mass is 9.83. The SMILES string of the molecule is COc1cc(C(C)(C)C)c(C)c(OC)c1O. The molecule has 0 aromatic heterocycles. The van der Waals surface area contributed by atoms with Crippen molar-refractivity contribution >= 4 is 0 Å².